The smallest absolute Gasteiger partial charge is 0.265 e. The van der Waals surface area contributed by atoms with Crippen LogP contribution in [0.2, 0.25) is 0 Å². The first kappa shape index (κ1) is 18.4. The van der Waals surface area contributed by atoms with Crippen molar-refractivity contribution in [3.05, 3.63) is 77.2 Å². The molecular weight excluding hydrogens is 366 g/mol. The van der Waals surface area contributed by atoms with Crippen LogP contribution in [0, 0.1) is 11.3 Å². The maximum Gasteiger partial charge on any atom is 0.265 e. The Morgan fingerprint density at radius 1 is 1.21 bits per heavy atom. The molecule has 1 aliphatic heterocycles. The minimum absolute atomic E-state index is 0.240. The number of benzene rings is 2. The van der Waals surface area contributed by atoms with Gasteiger partial charge in [-0.25, -0.2) is 0 Å². The van der Waals surface area contributed by atoms with Crippen molar-refractivity contribution in [1.82, 2.24) is 15.4 Å². The van der Waals surface area contributed by atoms with Crippen LogP contribution in [0.5, 0.6) is 0 Å². The Balaban J connectivity index is 1.88. The summed E-state index contributed by atoms with van der Waals surface area (Å²) in [4.78, 5) is 18.5. The standard InChI is InChI=1S/C22H19N5O2/c1-22(19-18(13-29-26-19)20(28)27(3)21(24-2)25-22)17-9-5-8-16(11-17)15-7-4-6-14(10-15)12-23/h4-11,13H,1-3H3,(H,24,25). The highest BCUT2D eigenvalue weighted by atomic mass is 16.5. The van der Waals surface area contributed by atoms with Crippen LogP contribution in [-0.4, -0.2) is 36.0 Å². The van der Waals surface area contributed by atoms with Gasteiger partial charge in [0, 0.05) is 14.1 Å². The van der Waals surface area contributed by atoms with E-state index in [1.807, 2.05) is 49.4 Å². The lowest BCUT2D eigenvalue weighted by atomic mass is 9.85. The predicted molar refractivity (Wildman–Crippen MR) is 108 cm³/mol. The summed E-state index contributed by atoms with van der Waals surface area (Å²) in [6.07, 6.45) is 1.37. The Hall–Kier alpha value is -3.92. The number of rotatable bonds is 2. The first-order valence-electron chi connectivity index (χ1n) is 9.07. The summed E-state index contributed by atoms with van der Waals surface area (Å²) < 4.78 is 5.16. The quantitative estimate of drug-likeness (QED) is 0.731. The number of fused-ring (bicyclic) bond motifs is 1. The van der Waals surface area contributed by atoms with Gasteiger partial charge in [-0.1, -0.05) is 35.5 Å². The van der Waals surface area contributed by atoms with Gasteiger partial charge in [0.25, 0.3) is 5.91 Å². The summed E-state index contributed by atoms with van der Waals surface area (Å²) in [5.74, 6) is 0.198. The van der Waals surface area contributed by atoms with Gasteiger partial charge in [0.15, 0.2) is 0 Å². The second-order valence-corrected chi connectivity index (χ2v) is 7.01. The van der Waals surface area contributed by atoms with E-state index in [4.69, 9.17) is 4.52 Å². The summed E-state index contributed by atoms with van der Waals surface area (Å²) in [5, 5.41) is 16.7. The van der Waals surface area contributed by atoms with Gasteiger partial charge >= 0.3 is 0 Å². The van der Waals surface area contributed by atoms with Gasteiger partial charge in [0.1, 0.15) is 23.1 Å². The van der Waals surface area contributed by atoms with E-state index in [2.05, 4.69) is 21.5 Å². The molecule has 0 radical (unpaired) electrons. The third-order valence-electron chi connectivity index (χ3n) is 5.23. The van der Waals surface area contributed by atoms with Crippen molar-refractivity contribution in [3.8, 4) is 17.2 Å². The molecule has 1 N–H and O–H groups in total. The number of hydrogen-bond donors (Lipinski definition) is 1. The van der Waals surface area contributed by atoms with Crippen LogP contribution in [0.4, 0.5) is 0 Å². The van der Waals surface area contributed by atoms with Gasteiger partial charge in [-0.2, -0.15) is 5.26 Å². The molecule has 1 atom stereocenters. The van der Waals surface area contributed by atoms with E-state index in [1.165, 1.54) is 11.2 Å². The Morgan fingerprint density at radius 2 is 1.93 bits per heavy atom. The van der Waals surface area contributed by atoms with Crippen molar-refractivity contribution in [2.75, 3.05) is 14.1 Å². The van der Waals surface area contributed by atoms with Gasteiger partial charge < -0.3 is 9.84 Å². The molecule has 3 aromatic rings. The molecule has 4 rings (SSSR count). The highest BCUT2D eigenvalue weighted by Crippen LogP contribution is 2.35. The minimum atomic E-state index is -0.847. The van der Waals surface area contributed by atoms with Crippen molar-refractivity contribution in [2.45, 2.75) is 12.5 Å². The van der Waals surface area contributed by atoms with E-state index >= 15 is 0 Å². The fourth-order valence-electron chi connectivity index (χ4n) is 3.59. The molecule has 7 nitrogen and oxygen atoms in total. The molecule has 2 heterocycles. The molecule has 0 fully saturated rings. The largest absolute Gasteiger partial charge is 0.364 e. The SMILES string of the molecule is C/N=C1\NC(C)(c2cccc(-c3cccc(C#N)c3)c2)c2nocc2C(=O)N1C. The summed E-state index contributed by atoms with van der Waals surface area (Å²) in [6, 6.07) is 17.5. The number of hydrogen-bond acceptors (Lipinski definition) is 5. The highest BCUT2D eigenvalue weighted by Gasteiger charge is 2.42. The third kappa shape index (κ3) is 2.95. The van der Waals surface area contributed by atoms with Gasteiger partial charge in [0.05, 0.1) is 11.6 Å². The Morgan fingerprint density at radius 3 is 2.66 bits per heavy atom. The molecule has 29 heavy (non-hydrogen) atoms. The van der Waals surface area contributed by atoms with Crippen LogP contribution in [-0.2, 0) is 5.54 Å². The summed E-state index contributed by atoms with van der Waals surface area (Å²) in [6.45, 7) is 1.94. The monoisotopic (exact) mass is 385 g/mol. The van der Waals surface area contributed by atoms with Crippen molar-refractivity contribution in [2.24, 2.45) is 4.99 Å². The van der Waals surface area contributed by atoms with Gasteiger partial charge in [-0.15, -0.1) is 0 Å². The summed E-state index contributed by atoms with van der Waals surface area (Å²) >= 11 is 0. The van der Waals surface area contributed by atoms with Crippen LogP contribution in [0.15, 0.2) is 64.3 Å². The lowest BCUT2D eigenvalue weighted by molar-refractivity contribution is 0.0869. The second-order valence-electron chi connectivity index (χ2n) is 7.01. The summed E-state index contributed by atoms with van der Waals surface area (Å²) in [5.41, 5.74) is 3.40. The Kier molecular flexibility index (Phi) is 4.40. The number of aliphatic imine (C=N–C) groups is 1. The number of carbonyl (C=O) groups is 1. The van der Waals surface area contributed by atoms with Crippen LogP contribution in [0.3, 0.4) is 0 Å². The molecule has 1 amide bonds. The van der Waals surface area contributed by atoms with Crippen LogP contribution in [0.1, 0.15) is 34.1 Å². The molecule has 1 aromatic heterocycles. The van der Waals surface area contributed by atoms with Crippen LogP contribution >= 0.6 is 0 Å². The number of carbonyl (C=O) groups excluding carboxylic acids is 1. The number of nitrogens with zero attached hydrogens (tertiary/aromatic N) is 4. The molecule has 0 aliphatic carbocycles. The number of nitrogens with one attached hydrogen (secondary N) is 1. The van der Waals surface area contributed by atoms with Gasteiger partial charge in [-0.05, 0) is 41.8 Å². The van der Waals surface area contributed by atoms with Crippen molar-refractivity contribution >= 4 is 11.9 Å². The normalized spacial score (nSPS) is 20.0. The van der Waals surface area contributed by atoms with Gasteiger partial charge in [-0.3, -0.25) is 14.7 Å². The van der Waals surface area contributed by atoms with Crippen molar-refractivity contribution in [1.29, 1.82) is 5.26 Å². The van der Waals surface area contributed by atoms with E-state index in [0.29, 0.717) is 22.8 Å². The maximum absolute atomic E-state index is 12.8. The molecule has 0 saturated carbocycles. The van der Waals surface area contributed by atoms with E-state index in [-0.39, 0.29) is 5.91 Å². The molecule has 0 bridgehead atoms. The number of amides is 1. The molecule has 144 valence electrons. The fourth-order valence-corrected chi connectivity index (χ4v) is 3.59. The molecule has 7 heteroatoms. The van der Waals surface area contributed by atoms with E-state index < -0.39 is 5.54 Å². The molecule has 1 aliphatic rings. The number of aromatic nitrogens is 1. The van der Waals surface area contributed by atoms with Crippen LogP contribution < -0.4 is 5.32 Å². The first-order valence-corrected chi connectivity index (χ1v) is 9.07. The zero-order chi connectivity index (χ0) is 20.6. The van der Waals surface area contributed by atoms with Crippen molar-refractivity contribution < 1.29 is 9.32 Å². The van der Waals surface area contributed by atoms with E-state index in [9.17, 15) is 10.1 Å². The average Bonchev–Trinajstić information content (AvgIpc) is 3.24. The average molecular weight is 385 g/mol. The molecule has 2 aromatic carbocycles. The molecule has 1 unspecified atom stereocenters. The predicted octanol–water partition coefficient (Wildman–Crippen LogP) is 3.14. The number of nitriles is 1. The Labute approximate surface area is 168 Å². The minimum Gasteiger partial charge on any atom is -0.364 e. The highest BCUT2D eigenvalue weighted by molar-refractivity contribution is 6.07. The third-order valence-corrected chi connectivity index (χ3v) is 5.23. The lowest BCUT2D eigenvalue weighted by Crippen LogP contribution is -2.49. The molecule has 0 spiro atoms. The lowest BCUT2D eigenvalue weighted by Gasteiger charge is -2.31. The second kappa shape index (κ2) is 6.91. The molecule has 0 saturated heterocycles. The van der Waals surface area contributed by atoms with Crippen molar-refractivity contribution in [3.63, 3.8) is 0 Å². The van der Waals surface area contributed by atoms with Gasteiger partial charge in [0.2, 0.25) is 5.96 Å². The first-order chi connectivity index (χ1) is 14.0. The maximum atomic E-state index is 12.8. The number of guanidine groups is 1. The van der Waals surface area contributed by atoms with E-state index in [1.54, 1.807) is 20.2 Å². The topological polar surface area (TPSA) is 94.5 Å². The molecular formula is C22H19N5O2. The van der Waals surface area contributed by atoms with Crippen LogP contribution in [0.25, 0.3) is 11.1 Å². The zero-order valence-corrected chi connectivity index (χ0v) is 16.3. The van der Waals surface area contributed by atoms with E-state index in [0.717, 1.165) is 16.7 Å². The summed E-state index contributed by atoms with van der Waals surface area (Å²) in [7, 11) is 3.29. The Bertz CT molecular complexity index is 1170. The zero-order valence-electron chi connectivity index (χ0n) is 16.3. The fraction of sp³-hybridized carbons (Fsp3) is 0.182.